The van der Waals surface area contributed by atoms with E-state index in [0.717, 1.165) is 9.87 Å². The number of carbonyl (C=O) groups is 1. The van der Waals surface area contributed by atoms with E-state index in [1.165, 1.54) is 27.4 Å². The van der Waals surface area contributed by atoms with Crippen molar-refractivity contribution in [2.75, 3.05) is 37.5 Å². The molecule has 0 bridgehead atoms. The van der Waals surface area contributed by atoms with Gasteiger partial charge in [0, 0.05) is 11.8 Å². The highest BCUT2D eigenvalue weighted by molar-refractivity contribution is 7.93. The maximum absolute atomic E-state index is 13.7. The molecule has 0 saturated carbocycles. The number of nitrogens with one attached hydrogen (secondary N) is 1. The molecule has 0 fully saturated rings. The van der Waals surface area contributed by atoms with Gasteiger partial charge in [0.1, 0.15) is 28.7 Å². The van der Waals surface area contributed by atoms with Crippen molar-refractivity contribution in [3.05, 3.63) is 72.3 Å². The normalized spacial score (nSPS) is 10.9. The van der Waals surface area contributed by atoms with E-state index in [2.05, 4.69) is 5.32 Å². The molecule has 0 aliphatic rings. The number of aryl methyl sites for hydroxylation is 1. The van der Waals surface area contributed by atoms with Gasteiger partial charge in [-0.15, -0.1) is 0 Å². The Labute approximate surface area is 193 Å². The van der Waals surface area contributed by atoms with Crippen LogP contribution in [0.15, 0.2) is 71.6 Å². The monoisotopic (exact) mass is 470 g/mol. The molecule has 3 aromatic carbocycles. The van der Waals surface area contributed by atoms with Crippen LogP contribution in [-0.2, 0) is 14.8 Å². The lowest BCUT2D eigenvalue weighted by Gasteiger charge is -2.25. The summed E-state index contributed by atoms with van der Waals surface area (Å²) in [6.45, 7) is 1.33. The first-order valence-corrected chi connectivity index (χ1v) is 11.5. The van der Waals surface area contributed by atoms with Crippen molar-refractivity contribution in [1.29, 1.82) is 0 Å². The smallest absolute Gasteiger partial charge is 0.268 e. The van der Waals surface area contributed by atoms with Gasteiger partial charge in [-0.2, -0.15) is 0 Å². The first-order chi connectivity index (χ1) is 15.8. The number of nitrogens with zero attached hydrogens (tertiary/aromatic N) is 1. The Morgan fingerprint density at radius 3 is 2.21 bits per heavy atom. The van der Waals surface area contributed by atoms with E-state index in [-0.39, 0.29) is 10.6 Å². The van der Waals surface area contributed by atoms with Gasteiger partial charge in [-0.3, -0.25) is 9.10 Å². The quantitative estimate of drug-likeness (QED) is 0.511. The summed E-state index contributed by atoms with van der Waals surface area (Å²) in [4.78, 5) is 12.9. The predicted octanol–water partition coefficient (Wildman–Crippen LogP) is 3.85. The molecule has 8 nitrogen and oxygen atoms in total. The first kappa shape index (κ1) is 23.9. The molecule has 0 aliphatic carbocycles. The molecular formula is C24H26N2O6S. The van der Waals surface area contributed by atoms with Crippen LogP contribution in [0.25, 0.3) is 0 Å². The number of hydrogen-bond acceptors (Lipinski definition) is 6. The van der Waals surface area contributed by atoms with Gasteiger partial charge >= 0.3 is 0 Å². The third-order valence-electron chi connectivity index (χ3n) is 4.89. The van der Waals surface area contributed by atoms with Gasteiger partial charge in [0.15, 0.2) is 0 Å². The summed E-state index contributed by atoms with van der Waals surface area (Å²) in [5.41, 5.74) is 1.53. The highest BCUT2D eigenvalue weighted by Crippen LogP contribution is 2.31. The highest BCUT2D eigenvalue weighted by Gasteiger charge is 2.30. The number of benzene rings is 3. The largest absolute Gasteiger partial charge is 0.497 e. The fourth-order valence-corrected chi connectivity index (χ4v) is 4.86. The van der Waals surface area contributed by atoms with Crippen LogP contribution in [0, 0.1) is 6.92 Å². The Morgan fingerprint density at radius 1 is 0.879 bits per heavy atom. The minimum absolute atomic E-state index is 0.0324. The molecule has 0 aromatic heterocycles. The maximum Gasteiger partial charge on any atom is 0.268 e. The fraction of sp³-hybridized carbons (Fsp3) is 0.208. The van der Waals surface area contributed by atoms with Crippen LogP contribution < -0.4 is 23.8 Å². The molecule has 0 unspecified atom stereocenters. The van der Waals surface area contributed by atoms with Crippen molar-refractivity contribution in [3.63, 3.8) is 0 Å². The second-order valence-electron chi connectivity index (χ2n) is 7.14. The standard InChI is InChI=1S/C24H26N2O6S/c1-17-8-13-22(32-4)23(14-17)33(28,29)26(19-9-11-20(30-2)12-10-19)16-24(27)25-18-6-5-7-21(15-18)31-3/h5-15H,16H2,1-4H3,(H,25,27). The van der Waals surface area contributed by atoms with Crippen LogP contribution in [0.1, 0.15) is 5.56 Å². The van der Waals surface area contributed by atoms with Gasteiger partial charge in [-0.25, -0.2) is 8.42 Å². The lowest BCUT2D eigenvalue weighted by atomic mass is 10.2. The summed E-state index contributed by atoms with van der Waals surface area (Å²) < 4.78 is 44.1. The zero-order valence-electron chi connectivity index (χ0n) is 18.9. The van der Waals surface area contributed by atoms with Crippen LogP contribution in [0.2, 0.25) is 0 Å². The number of rotatable bonds is 9. The minimum Gasteiger partial charge on any atom is -0.497 e. The average Bonchev–Trinajstić information content (AvgIpc) is 2.82. The molecule has 1 N–H and O–H groups in total. The molecule has 0 radical (unpaired) electrons. The average molecular weight is 471 g/mol. The second-order valence-corrected chi connectivity index (χ2v) is 8.97. The van der Waals surface area contributed by atoms with Crippen molar-refractivity contribution in [3.8, 4) is 17.2 Å². The van der Waals surface area contributed by atoms with Gasteiger partial charge in [-0.1, -0.05) is 12.1 Å². The maximum atomic E-state index is 13.7. The summed E-state index contributed by atoms with van der Waals surface area (Å²) in [6.07, 6.45) is 0. The van der Waals surface area contributed by atoms with Crippen LogP contribution in [0.5, 0.6) is 17.2 Å². The van der Waals surface area contributed by atoms with Crippen molar-refractivity contribution < 1.29 is 27.4 Å². The Morgan fingerprint density at radius 2 is 1.58 bits per heavy atom. The Bertz CT molecular complexity index is 1230. The summed E-state index contributed by atoms with van der Waals surface area (Å²) in [6, 6.07) is 18.1. The number of hydrogen-bond donors (Lipinski definition) is 1. The number of methoxy groups -OCH3 is 3. The van der Waals surface area contributed by atoms with Crippen LogP contribution in [0.4, 0.5) is 11.4 Å². The van der Waals surface area contributed by atoms with Gasteiger partial charge in [-0.05, 0) is 61.0 Å². The molecule has 0 spiro atoms. The summed E-state index contributed by atoms with van der Waals surface area (Å²) in [5.74, 6) is 0.795. The molecule has 33 heavy (non-hydrogen) atoms. The molecule has 1 amide bonds. The summed E-state index contributed by atoms with van der Waals surface area (Å²) >= 11 is 0. The Hall–Kier alpha value is -3.72. The number of carbonyl (C=O) groups excluding carboxylic acids is 1. The molecule has 0 saturated heterocycles. The SMILES string of the molecule is COc1ccc(N(CC(=O)Nc2cccc(OC)c2)S(=O)(=O)c2cc(C)ccc2OC)cc1. The van der Waals surface area contributed by atoms with Crippen molar-refractivity contribution in [2.45, 2.75) is 11.8 Å². The van der Waals surface area contributed by atoms with E-state index in [1.807, 2.05) is 0 Å². The zero-order chi connectivity index (χ0) is 24.0. The fourth-order valence-electron chi connectivity index (χ4n) is 3.20. The molecule has 3 aromatic rings. The van der Waals surface area contributed by atoms with E-state index >= 15 is 0 Å². The van der Waals surface area contributed by atoms with Crippen LogP contribution in [-0.4, -0.2) is 42.2 Å². The molecule has 0 atom stereocenters. The lowest BCUT2D eigenvalue weighted by Crippen LogP contribution is -2.38. The summed E-state index contributed by atoms with van der Waals surface area (Å²) in [7, 11) is 0.281. The van der Waals surface area contributed by atoms with E-state index in [9.17, 15) is 13.2 Å². The van der Waals surface area contributed by atoms with Crippen molar-refractivity contribution >= 4 is 27.3 Å². The Kier molecular flexibility index (Phi) is 7.44. The number of anilines is 2. The van der Waals surface area contributed by atoms with E-state index < -0.39 is 22.5 Å². The van der Waals surface area contributed by atoms with E-state index in [1.54, 1.807) is 67.6 Å². The first-order valence-electron chi connectivity index (χ1n) is 10.0. The number of ether oxygens (including phenoxy) is 3. The third-order valence-corrected chi connectivity index (χ3v) is 6.68. The highest BCUT2D eigenvalue weighted by atomic mass is 32.2. The molecule has 174 valence electrons. The Balaban J connectivity index is 2.00. The van der Waals surface area contributed by atoms with Crippen molar-refractivity contribution in [1.82, 2.24) is 0 Å². The predicted molar refractivity (Wildman–Crippen MR) is 127 cm³/mol. The minimum atomic E-state index is -4.16. The third kappa shape index (κ3) is 5.56. The summed E-state index contributed by atoms with van der Waals surface area (Å²) in [5, 5.41) is 2.72. The van der Waals surface area contributed by atoms with Gasteiger partial charge in [0.05, 0.1) is 27.0 Å². The van der Waals surface area contributed by atoms with Crippen LogP contribution >= 0.6 is 0 Å². The number of amides is 1. The topological polar surface area (TPSA) is 94.2 Å². The lowest BCUT2D eigenvalue weighted by molar-refractivity contribution is -0.114. The molecule has 3 rings (SSSR count). The molecule has 0 heterocycles. The molecule has 0 aliphatic heterocycles. The second kappa shape index (κ2) is 10.3. The molecular weight excluding hydrogens is 444 g/mol. The van der Waals surface area contributed by atoms with Crippen LogP contribution in [0.3, 0.4) is 0 Å². The van der Waals surface area contributed by atoms with Gasteiger partial charge < -0.3 is 19.5 Å². The van der Waals surface area contributed by atoms with E-state index in [0.29, 0.717) is 22.9 Å². The molecule has 9 heteroatoms. The van der Waals surface area contributed by atoms with Crippen molar-refractivity contribution in [2.24, 2.45) is 0 Å². The van der Waals surface area contributed by atoms with E-state index in [4.69, 9.17) is 14.2 Å². The van der Waals surface area contributed by atoms with Gasteiger partial charge in [0.25, 0.3) is 10.0 Å². The number of sulfonamides is 1. The zero-order valence-corrected chi connectivity index (χ0v) is 19.7. The van der Waals surface area contributed by atoms with Gasteiger partial charge in [0.2, 0.25) is 5.91 Å².